The summed E-state index contributed by atoms with van der Waals surface area (Å²) in [6, 6.07) is 8.53. The van der Waals surface area contributed by atoms with Crippen molar-refractivity contribution < 1.29 is 19.1 Å². The number of carbonyl (C=O) groups excluding carboxylic acids is 2. The SMILES string of the molecule is COCCN(/C=C(/C#N)C(=O)Nc1ccc(NC(C)=O)cc1)CCOC. The molecule has 0 spiro atoms. The van der Waals surface area contributed by atoms with Crippen molar-refractivity contribution in [1.82, 2.24) is 4.90 Å². The summed E-state index contributed by atoms with van der Waals surface area (Å²) in [6.45, 7) is 3.41. The molecule has 0 bridgehead atoms. The van der Waals surface area contributed by atoms with E-state index in [0.717, 1.165) is 0 Å². The highest BCUT2D eigenvalue weighted by atomic mass is 16.5. The van der Waals surface area contributed by atoms with Crippen LogP contribution in [0, 0.1) is 11.3 Å². The molecule has 0 unspecified atom stereocenters. The number of methoxy groups -OCH3 is 2. The van der Waals surface area contributed by atoms with Crippen LogP contribution in [0.25, 0.3) is 0 Å². The predicted molar refractivity (Wildman–Crippen MR) is 98.4 cm³/mol. The van der Waals surface area contributed by atoms with E-state index in [-0.39, 0.29) is 11.5 Å². The molecule has 0 aliphatic carbocycles. The van der Waals surface area contributed by atoms with E-state index in [4.69, 9.17) is 9.47 Å². The van der Waals surface area contributed by atoms with Crippen LogP contribution in [0.4, 0.5) is 11.4 Å². The second-order valence-corrected chi connectivity index (χ2v) is 5.39. The lowest BCUT2D eigenvalue weighted by Crippen LogP contribution is -2.27. The van der Waals surface area contributed by atoms with Gasteiger partial charge in [0.15, 0.2) is 0 Å². The van der Waals surface area contributed by atoms with E-state index < -0.39 is 5.91 Å². The molecular formula is C18H24N4O4. The van der Waals surface area contributed by atoms with E-state index in [9.17, 15) is 14.9 Å². The second kappa shape index (κ2) is 11.6. The molecule has 0 atom stereocenters. The van der Waals surface area contributed by atoms with Gasteiger partial charge in [0.05, 0.1) is 13.2 Å². The van der Waals surface area contributed by atoms with Gasteiger partial charge in [-0.25, -0.2) is 0 Å². The van der Waals surface area contributed by atoms with Crippen LogP contribution in [0.1, 0.15) is 6.92 Å². The zero-order chi connectivity index (χ0) is 19.4. The number of benzene rings is 1. The third-order valence-electron chi connectivity index (χ3n) is 3.31. The number of ether oxygens (including phenoxy) is 2. The molecular weight excluding hydrogens is 336 g/mol. The first-order chi connectivity index (χ1) is 12.5. The van der Waals surface area contributed by atoms with Gasteiger partial charge in [-0.2, -0.15) is 5.26 Å². The number of nitriles is 1. The minimum absolute atomic E-state index is 0.0249. The van der Waals surface area contributed by atoms with Gasteiger partial charge >= 0.3 is 0 Å². The Bertz CT molecular complexity index is 657. The maximum Gasteiger partial charge on any atom is 0.267 e. The van der Waals surface area contributed by atoms with E-state index in [0.29, 0.717) is 37.7 Å². The molecule has 1 rings (SSSR count). The fourth-order valence-corrected chi connectivity index (χ4v) is 2.02. The smallest absolute Gasteiger partial charge is 0.267 e. The molecule has 0 fully saturated rings. The summed E-state index contributed by atoms with van der Waals surface area (Å²) in [6.07, 6.45) is 1.50. The van der Waals surface area contributed by atoms with Crippen LogP contribution < -0.4 is 10.6 Å². The summed E-state index contributed by atoms with van der Waals surface area (Å²) in [5, 5.41) is 14.6. The van der Waals surface area contributed by atoms with Crippen LogP contribution in [0.5, 0.6) is 0 Å². The van der Waals surface area contributed by atoms with Gasteiger partial charge in [0.2, 0.25) is 5.91 Å². The predicted octanol–water partition coefficient (Wildman–Crippen LogP) is 1.59. The number of rotatable bonds is 10. The molecule has 0 radical (unpaired) electrons. The number of anilines is 2. The summed E-state index contributed by atoms with van der Waals surface area (Å²) >= 11 is 0. The van der Waals surface area contributed by atoms with E-state index in [1.54, 1.807) is 43.4 Å². The zero-order valence-electron chi connectivity index (χ0n) is 15.2. The van der Waals surface area contributed by atoms with Gasteiger partial charge in [-0.3, -0.25) is 9.59 Å². The molecule has 2 amide bonds. The molecule has 0 aromatic heterocycles. The molecule has 8 heteroatoms. The Morgan fingerprint density at radius 3 is 2.00 bits per heavy atom. The lowest BCUT2D eigenvalue weighted by atomic mass is 10.2. The minimum Gasteiger partial charge on any atom is -0.383 e. The molecule has 8 nitrogen and oxygen atoms in total. The Morgan fingerprint density at radius 1 is 1.08 bits per heavy atom. The van der Waals surface area contributed by atoms with Crippen molar-refractivity contribution in [2.24, 2.45) is 0 Å². The Morgan fingerprint density at radius 2 is 1.58 bits per heavy atom. The lowest BCUT2D eigenvalue weighted by molar-refractivity contribution is -0.114. The Balaban J connectivity index is 2.79. The standard InChI is InChI=1S/C18H24N4O4/c1-14(23)20-16-4-6-17(7-5-16)21-18(24)15(12-19)13-22(8-10-25-2)9-11-26-3/h4-7,13H,8-11H2,1-3H3,(H,20,23)(H,21,24)/b15-13-. The summed E-state index contributed by atoms with van der Waals surface area (Å²) in [5.74, 6) is -0.691. The van der Waals surface area contributed by atoms with Gasteiger partial charge in [-0.1, -0.05) is 0 Å². The van der Waals surface area contributed by atoms with Crippen LogP contribution in [0.15, 0.2) is 36.0 Å². The van der Waals surface area contributed by atoms with Gasteiger partial charge in [0.1, 0.15) is 11.6 Å². The van der Waals surface area contributed by atoms with E-state index >= 15 is 0 Å². The first kappa shape index (κ1) is 21.2. The van der Waals surface area contributed by atoms with Gasteiger partial charge < -0.3 is 25.0 Å². The van der Waals surface area contributed by atoms with E-state index in [1.165, 1.54) is 13.1 Å². The number of carbonyl (C=O) groups is 2. The highest BCUT2D eigenvalue weighted by Gasteiger charge is 2.12. The van der Waals surface area contributed by atoms with E-state index in [1.807, 2.05) is 6.07 Å². The highest BCUT2D eigenvalue weighted by molar-refractivity contribution is 6.06. The van der Waals surface area contributed by atoms with Gasteiger partial charge in [-0.05, 0) is 24.3 Å². The van der Waals surface area contributed by atoms with Crippen LogP contribution in [-0.2, 0) is 19.1 Å². The monoisotopic (exact) mass is 360 g/mol. The summed E-state index contributed by atoms with van der Waals surface area (Å²) < 4.78 is 10.1. The normalized spacial score (nSPS) is 10.8. The molecule has 140 valence electrons. The third kappa shape index (κ3) is 7.79. The summed E-state index contributed by atoms with van der Waals surface area (Å²) in [7, 11) is 3.17. The quantitative estimate of drug-likeness (QED) is 0.485. The van der Waals surface area contributed by atoms with Crippen molar-refractivity contribution in [3.63, 3.8) is 0 Å². The first-order valence-corrected chi connectivity index (χ1v) is 8.03. The summed E-state index contributed by atoms with van der Waals surface area (Å²) in [4.78, 5) is 25.1. The second-order valence-electron chi connectivity index (χ2n) is 5.39. The van der Waals surface area contributed by atoms with Crippen molar-refractivity contribution in [1.29, 1.82) is 5.26 Å². The fourth-order valence-electron chi connectivity index (χ4n) is 2.02. The molecule has 0 saturated heterocycles. The number of hydrogen-bond donors (Lipinski definition) is 2. The van der Waals surface area contributed by atoms with Gasteiger partial charge in [-0.15, -0.1) is 0 Å². The number of hydrogen-bond acceptors (Lipinski definition) is 6. The van der Waals surface area contributed by atoms with Crippen LogP contribution >= 0.6 is 0 Å². The number of amides is 2. The minimum atomic E-state index is -0.514. The summed E-state index contributed by atoms with van der Waals surface area (Å²) in [5.41, 5.74) is 1.12. The Hall–Kier alpha value is -2.89. The largest absolute Gasteiger partial charge is 0.383 e. The van der Waals surface area contributed by atoms with E-state index in [2.05, 4.69) is 10.6 Å². The third-order valence-corrected chi connectivity index (χ3v) is 3.31. The first-order valence-electron chi connectivity index (χ1n) is 8.03. The molecule has 1 aromatic rings. The van der Waals surface area contributed by atoms with Crippen LogP contribution in [0.2, 0.25) is 0 Å². The van der Waals surface area contributed by atoms with Gasteiger partial charge in [0.25, 0.3) is 5.91 Å². The highest BCUT2D eigenvalue weighted by Crippen LogP contribution is 2.14. The fraction of sp³-hybridized carbons (Fsp3) is 0.389. The molecule has 0 aliphatic heterocycles. The maximum atomic E-state index is 12.3. The van der Waals surface area contributed by atoms with Crippen molar-refractivity contribution in [3.8, 4) is 6.07 Å². The zero-order valence-corrected chi connectivity index (χ0v) is 15.2. The molecule has 2 N–H and O–H groups in total. The van der Waals surface area contributed by atoms with Crippen LogP contribution in [0.3, 0.4) is 0 Å². The van der Waals surface area contributed by atoms with Crippen molar-refractivity contribution in [2.45, 2.75) is 6.92 Å². The molecule has 0 saturated carbocycles. The van der Waals surface area contributed by atoms with Crippen molar-refractivity contribution >= 4 is 23.2 Å². The number of nitrogens with one attached hydrogen (secondary N) is 2. The lowest BCUT2D eigenvalue weighted by Gasteiger charge is -2.20. The Kier molecular flexibility index (Phi) is 9.46. The average molecular weight is 360 g/mol. The molecule has 0 heterocycles. The molecule has 1 aromatic carbocycles. The van der Waals surface area contributed by atoms with Crippen LogP contribution in [-0.4, -0.2) is 57.2 Å². The maximum absolute atomic E-state index is 12.3. The average Bonchev–Trinajstić information content (AvgIpc) is 2.62. The van der Waals surface area contributed by atoms with Crippen molar-refractivity contribution in [2.75, 3.05) is 51.2 Å². The van der Waals surface area contributed by atoms with Gasteiger partial charge in [0, 0.05) is 51.8 Å². The number of nitrogens with zero attached hydrogens (tertiary/aromatic N) is 2. The topological polar surface area (TPSA) is 104 Å². The Labute approximate surface area is 153 Å². The molecule has 0 aliphatic rings. The molecule has 26 heavy (non-hydrogen) atoms. The van der Waals surface area contributed by atoms with Crippen molar-refractivity contribution in [3.05, 3.63) is 36.0 Å².